The van der Waals surface area contributed by atoms with Crippen molar-refractivity contribution in [3.05, 3.63) is 29.5 Å². The summed E-state index contributed by atoms with van der Waals surface area (Å²) >= 11 is 0. The summed E-state index contributed by atoms with van der Waals surface area (Å²) in [6.45, 7) is 2.86. The Bertz CT molecular complexity index is 304. The van der Waals surface area contributed by atoms with Gasteiger partial charge in [0.2, 0.25) is 0 Å². The van der Waals surface area contributed by atoms with E-state index in [1.807, 2.05) is 13.1 Å². The third kappa shape index (κ3) is 1.09. The maximum absolute atomic E-state index is 4.14. The molecule has 3 heteroatoms. The largest absolute Gasteiger partial charge is 0.383 e. The third-order valence-electron chi connectivity index (χ3n) is 1.73. The average molecular weight is 147 g/mol. The fraction of sp³-hybridized carbons (Fsp3) is 0.250. The molecule has 1 aliphatic heterocycles. The molecule has 0 aliphatic carbocycles. The van der Waals surface area contributed by atoms with E-state index in [4.69, 9.17) is 0 Å². The molecule has 0 unspecified atom stereocenters. The zero-order valence-corrected chi connectivity index (χ0v) is 6.33. The Morgan fingerprint density at radius 2 is 2.45 bits per heavy atom. The quantitative estimate of drug-likeness (QED) is 0.593. The number of nitrogens with one attached hydrogen (secondary N) is 1. The fourth-order valence-electron chi connectivity index (χ4n) is 1.14. The lowest BCUT2D eigenvalue weighted by molar-refractivity contribution is 0.770. The highest BCUT2D eigenvalue weighted by molar-refractivity contribution is 5.55. The molecule has 0 fully saturated rings. The molecule has 1 aromatic rings. The van der Waals surface area contributed by atoms with Crippen LogP contribution < -0.4 is 5.32 Å². The van der Waals surface area contributed by atoms with Crippen molar-refractivity contribution in [3.63, 3.8) is 0 Å². The van der Waals surface area contributed by atoms with Gasteiger partial charge in [0, 0.05) is 17.5 Å². The topological polar surface area (TPSA) is 37.8 Å². The summed E-state index contributed by atoms with van der Waals surface area (Å²) in [5, 5.41) is 3.21. The van der Waals surface area contributed by atoms with Crippen LogP contribution in [0.25, 0.3) is 6.08 Å². The predicted molar refractivity (Wildman–Crippen MR) is 42.5 cm³/mol. The second-order valence-electron chi connectivity index (χ2n) is 2.61. The van der Waals surface area contributed by atoms with Crippen LogP contribution in [0, 0.1) is 0 Å². The fourth-order valence-corrected chi connectivity index (χ4v) is 1.14. The molecule has 0 bridgehead atoms. The van der Waals surface area contributed by atoms with Crippen molar-refractivity contribution in [1.29, 1.82) is 0 Å². The Morgan fingerprint density at radius 1 is 1.55 bits per heavy atom. The Morgan fingerprint density at radius 3 is 3.36 bits per heavy atom. The van der Waals surface area contributed by atoms with E-state index in [1.54, 1.807) is 6.33 Å². The molecule has 1 aliphatic rings. The summed E-state index contributed by atoms with van der Waals surface area (Å²) in [5.74, 6) is 0. The summed E-state index contributed by atoms with van der Waals surface area (Å²) in [7, 11) is 0. The van der Waals surface area contributed by atoms with Crippen LogP contribution in [0.4, 0.5) is 0 Å². The number of hydrogen-bond acceptors (Lipinski definition) is 3. The Balaban J connectivity index is 2.51. The van der Waals surface area contributed by atoms with Gasteiger partial charge in [-0.3, -0.25) is 0 Å². The average Bonchev–Trinajstić information content (AvgIpc) is 2.04. The normalized spacial score (nSPS) is 14.8. The first-order valence-corrected chi connectivity index (χ1v) is 3.57. The summed E-state index contributed by atoms with van der Waals surface area (Å²) in [4.78, 5) is 8.08. The van der Waals surface area contributed by atoms with E-state index in [1.165, 1.54) is 5.70 Å². The number of nitrogens with zero attached hydrogens (tertiary/aromatic N) is 2. The van der Waals surface area contributed by atoms with Gasteiger partial charge in [-0.1, -0.05) is 0 Å². The van der Waals surface area contributed by atoms with Gasteiger partial charge in [-0.2, -0.15) is 0 Å². The van der Waals surface area contributed by atoms with Crippen LogP contribution in [-0.2, 0) is 6.54 Å². The highest BCUT2D eigenvalue weighted by atomic mass is 14.9. The maximum atomic E-state index is 4.14. The maximum Gasteiger partial charge on any atom is 0.115 e. The van der Waals surface area contributed by atoms with Crippen molar-refractivity contribution >= 4 is 6.08 Å². The molecule has 0 aromatic carbocycles. The molecule has 1 aromatic heterocycles. The zero-order chi connectivity index (χ0) is 7.68. The first-order valence-electron chi connectivity index (χ1n) is 3.57. The number of hydrogen-bond donors (Lipinski definition) is 1. The molecule has 2 heterocycles. The van der Waals surface area contributed by atoms with Crippen LogP contribution in [0.5, 0.6) is 0 Å². The molecule has 56 valence electrons. The van der Waals surface area contributed by atoms with Crippen LogP contribution in [0.3, 0.4) is 0 Å². The third-order valence-corrected chi connectivity index (χ3v) is 1.73. The van der Waals surface area contributed by atoms with Gasteiger partial charge in [0.25, 0.3) is 0 Å². The van der Waals surface area contributed by atoms with E-state index in [9.17, 15) is 0 Å². The molecule has 0 spiro atoms. The van der Waals surface area contributed by atoms with Crippen molar-refractivity contribution in [2.75, 3.05) is 0 Å². The second kappa shape index (κ2) is 2.34. The summed E-state index contributed by atoms with van der Waals surface area (Å²) in [6.07, 6.45) is 5.47. The first-order chi connectivity index (χ1) is 5.36. The molecule has 3 nitrogen and oxygen atoms in total. The number of allylic oxidation sites excluding steroid dienone is 1. The molecular weight excluding hydrogens is 138 g/mol. The van der Waals surface area contributed by atoms with E-state index < -0.39 is 0 Å². The number of rotatable bonds is 0. The molecule has 0 amide bonds. The van der Waals surface area contributed by atoms with E-state index in [2.05, 4.69) is 21.4 Å². The lowest BCUT2D eigenvalue weighted by atomic mass is 10.1. The molecule has 1 N–H and O–H groups in total. The highest BCUT2D eigenvalue weighted by Gasteiger charge is 2.06. The monoisotopic (exact) mass is 147 g/mol. The van der Waals surface area contributed by atoms with E-state index >= 15 is 0 Å². The smallest absolute Gasteiger partial charge is 0.115 e. The van der Waals surface area contributed by atoms with Crippen LogP contribution in [0.1, 0.15) is 18.2 Å². The minimum absolute atomic E-state index is 0.820. The first kappa shape index (κ1) is 6.34. The van der Waals surface area contributed by atoms with Crippen LogP contribution in [0.2, 0.25) is 0 Å². The van der Waals surface area contributed by atoms with Crippen molar-refractivity contribution < 1.29 is 0 Å². The van der Waals surface area contributed by atoms with E-state index in [0.29, 0.717) is 0 Å². The van der Waals surface area contributed by atoms with Crippen molar-refractivity contribution in [1.82, 2.24) is 15.3 Å². The minimum atomic E-state index is 0.820. The second-order valence-corrected chi connectivity index (χ2v) is 2.61. The molecule has 0 radical (unpaired) electrons. The van der Waals surface area contributed by atoms with Gasteiger partial charge >= 0.3 is 0 Å². The Hall–Kier alpha value is -1.38. The van der Waals surface area contributed by atoms with Crippen molar-refractivity contribution in [2.24, 2.45) is 0 Å². The standard InChI is InChI=1S/C8H9N3/c1-6-2-7-3-9-5-11-8(7)4-10-6/h2-3,5,10H,4H2,1H3. The number of fused-ring (bicyclic) bond motifs is 1. The van der Waals surface area contributed by atoms with Gasteiger partial charge in [0.15, 0.2) is 0 Å². The Kier molecular flexibility index (Phi) is 1.35. The van der Waals surface area contributed by atoms with Gasteiger partial charge in [-0.15, -0.1) is 0 Å². The molecule has 2 rings (SSSR count). The van der Waals surface area contributed by atoms with E-state index in [-0.39, 0.29) is 0 Å². The molecular formula is C8H9N3. The SMILES string of the molecule is CC1=Cc2cncnc2CN1. The molecule has 11 heavy (non-hydrogen) atoms. The lowest BCUT2D eigenvalue weighted by Crippen LogP contribution is -2.16. The molecule has 0 saturated heterocycles. The van der Waals surface area contributed by atoms with Crippen LogP contribution >= 0.6 is 0 Å². The van der Waals surface area contributed by atoms with Crippen LogP contribution in [-0.4, -0.2) is 9.97 Å². The van der Waals surface area contributed by atoms with Gasteiger partial charge < -0.3 is 5.32 Å². The Labute approximate surface area is 65.2 Å². The number of aromatic nitrogens is 2. The van der Waals surface area contributed by atoms with Gasteiger partial charge in [-0.25, -0.2) is 9.97 Å². The zero-order valence-electron chi connectivity index (χ0n) is 6.33. The molecule has 0 atom stereocenters. The lowest BCUT2D eigenvalue weighted by Gasteiger charge is -2.13. The minimum Gasteiger partial charge on any atom is -0.383 e. The van der Waals surface area contributed by atoms with Crippen molar-refractivity contribution in [2.45, 2.75) is 13.5 Å². The highest BCUT2D eigenvalue weighted by Crippen LogP contribution is 2.12. The summed E-state index contributed by atoms with van der Waals surface area (Å²) in [5.41, 5.74) is 3.38. The summed E-state index contributed by atoms with van der Waals surface area (Å²) < 4.78 is 0. The molecule has 0 saturated carbocycles. The summed E-state index contributed by atoms with van der Waals surface area (Å²) in [6, 6.07) is 0. The van der Waals surface area contributed by atoms with Crippen molar-refractivity contribution in [3.8, 4) is 0 Å². The van der Waals surface area contributed by atoms with Crippen LogP contribution in [0.15, 0.2) is 18.2 Å². The van der Waals surface area contributed by atoms with Gasteiger partial charge in [0.05, 0.1) is 12.2 Å². The van der Waals surface area contributed by atoms with Gasteiger partial charge in [0.1, 0.15) is 6.33 Å². The predicted octanol–water partition coefficient (Wildman–Crippen LogP) is 0.941. The van der Waals surface area contributed by atoms with E-state index in [0.717, 1.165) is 17.8 Å². The van der Waals surface area contributed by atoms with Gasteiger partial charge in [-0.05, 0) is 13.0 Å².